The van der Waals surface area contributed by atoms with Crippen molar-refractivity contribution in [2.45, 2.75) is 32.1 Å². The first-order valence-corrected chi connectivity index (χ1v) is 5.41. The van der Waals surface area contributed by atoms with Crippen LogP contribution in [0.2, 0.25) is 0 Å². The van der Waals surface area contributed by atoms with E-state index in [1.807, 2.05) is 6.07 Å². The Balaban J connectivity index is 2.50. The third kappa shape index (κ3) is 1.83. The van der Waals surface area contributed by atoms with Gasteiger partial charge in [0.15, 0.2) is 0 Å². The van der Waals surface area contributed by atoms with Crippen LogP contribution in [-0.2, 0) is 19.3 Å². The van der Waals surface area contributed by atoms with Crippen molar-refractivity contribution in [1.29, 1.82) is 5.26 Å². The molecule has 1 aromatic carbocycles. The molecule has 2 rings (SSSR count). The molecule has 0 atom stereocenters. The van der Waals surface area contributed by atoms with E-state index in [4.69, 9.17) is 10.00 Å². The van der Waals surface area contributed by atoms with Gasteiger partial charge in [0.25, 0.3) is 0 Å². The number of ether oxygens (including phenoxy) is 1. The number of nitrogens with zero attached hydrogens (tertiary/aromatic N) is 1. The van der Waals surface area contributed by atoms with E-state index in [0.717, 1.165) is 24.2 Å². The smallest absolute Gasteiger partial charge is 0.123 e. The van der Waals surface area contributed by atoms with Crippen molar-refractivity contribution in [1.82, 2.24) is 0 Å². The minimum Gasteiger partial charge on any atom is -0.496 e. The Morgan fingerprint density at radius 2 is 2.13 bits per heavy atom. The SMILES string of the molecule is COc1ccc2c(c1CC#N)CCCC2. The molecule has 1 aliphatic rings. The number of hydrogen-bond donors (Lipinski definition) is 0. The van der Waals surface area contributed by atoms with Crippen LogP contribution in [0.4, 0.5) is 0 Å². The maximum absolute atomic E-state index is 8.84. The van der Waals surface area contributed by atoms with E-state index in [0.29, 0.717) is 6.42 Å². The minimum absolute atomic E-state index is 0.465. The summed E-state index contributed by atoms with van der Waals surface area (Å²) in [6.45, 7) is 0. The summed E-state index contributed by atoms with van der Waals surface area (Å²) in [5, 5.41) is 8.84. The highest BCUT2D eigenvalue weighted by atomic mass is 16.5. The fourth-order valence-corrected chi connectivity index (χ4v) is 2.35. The van der Waals surface area contributed by atoms with Crippen LogP contribution < -0.4 is 4.74 Å². The fourth-order valence-electron chi connectivity index (χ4n) is 2.35. The summed E-state index contributed by atoms with van der Waals surface area (Å²) in [5.41, 5.74) is 3.88. The molecular formula is C13H15NO. The van der Waals surface area contributed by atoms with Crippen LogP contribution in [0.15, 0.2) is 12.1 Å². The number of benzene rings is 1. The molecule has 0 amide bonds. The highest BCUT2D eigenvalue weighted by Crippen LogP contribution is 2.31. The van der Waals surface area contributed by atoms with Crippen molar-refractivity contribution in [3.05, 3.63) is 28.8 Å². The Bertz CT molecular complexity index is 404. The summed E-state index contributed by atoms with van der Waals surface area (Å²) in [6.07, 6.45) is 5.22. The van der Waals surface area contributed by atoms with Crippen molar-refractivity contribution in [3.63, 3.8) is 0 Å². The van der Waals surface area contributed by atoms with Gasteiger partial charge in [-0.05, 0) is 42.9 Å². The highest BCUT2D eigenvalue weighted by Gasteiger charge is 2.16. The molecule has 0 saturated carbocycles. The average molecular weight is 201 g/mol. The zero-order valence-electron chi connectivity index (χ0n) is 9.05. The van der Waals surface area contributed by atoms with Crippen molar-refractivity contribution in [2.24, 2.45) is 0 Å². The van der Waals surface area contributed by atoms with Crippen molar-refractivity contribution < 1.29 is 4.74 Å². The Hall–Kier alpha value is -1.49. The normalized spacial score (nSPS) is 14.1. The lowest BCUT2D eigenvalue weighted by Crippen LogP contribution is -2.07. The standard InChI is InChI=1S/C13H15NO/c1-15-13-7-6-10-4-2-3-5-11(10)12(13)8-9-14/h6-7H,2-5,8H2,1H3. The van der Waals surface area contributed by atoms with Crippen LogP contribution in [0.5, 0.6) is 5.75 Å². The molecule has 0 aliphatic heterocycles. The number of nitriles is 1. The third-order valence-electron chi connectivity index (χ3n) is 3.08. The number of fused-ring (bicyclic) bond motifs is 1. The number of hydrogen-bond acceptors (Lipinski definition) is 2. The first kappa shape index (κ1) is 10.0. The Labute approximate surface area is 90.5 Å². The zero-order valence-corrected chi connectivity index (χ0v) is 9.05. The highest BCUT2D eigenvalue weighted by molar-refractivity contribution is 5.47. The van der Waals surface area contributed by atoms with E-state index >= 15 is 0 Å². The van der Waals surface area contributed by atoms with E-state index in [2.05, 4.69) is 12.1 Å². The van der Waals surface area contributed by atoms with Crippen LogP contribution in [0, 0.1) is 11.3 Å². The molecule has 0 heterocycles. The summed E-state index contributed by atoms with van der Waals surface area (Å²) in [6, 6.07) is 6.37. The van der Waals surface area contributed by atoms with Crippen molar-refractivity contribution in [3.8, 4) is 11.8 Å². The van der Waals surface area contributed by atoms with E-state index < -0.39 is 0 Å². The molecule has 0 radical (unpaired) electrons. The van der Waals surface area contributed by atoms with Gasteiger partial charge < -0.3 is 4.74 Å². The molecule has 0 saturated heterocycles. The van der Waals surface area contributed by atoms with E-state index in [-0.39, 0.29) is 0 Å². The van der Waals surface area contributed by atoms with Gasteiger partial charge in [0, 0.05) is 5.56 Å². The van der Waals surface area contributed by atoms with Gasteiger partial charge in [-0.3, -0.25) is 0 Å². The quantitative estimate of drug-likeness (QED) is 0.737. The minimum atomic E-state index is 0.465. The van der Waals surface area contributed by atoms with E-state index in [1.165, 1.54) is 24.0 Å². The van der Waals surface area contributed by atoms with Gasteiger partial charge >= 0.3 is 0 Å². The Morgan fingerprint density at radius 1 is 1.33 bits per heavy atom. The molecule has 15 heavy (non-hydrogen) atoms. The summed E-state index contributed by atoms with van der Waals surface area (Å²) < 4.78 is 5.31. The maximum atomic E-state index is 8.84. The molecule has 0 unspecified atom stereocenters. The van der Waals surface area contributed by atoms with Gasteiger partial charge in [0.2, 0.25) is 0 Å². The summed E-state index contributed by atoms with van der Waals surface area (Å²) >= 11 is 0. The predicted octanol–water partition coefficient (Wildman–Crippen LogP) is 2.64. The molecule has 1 aromatic rings. The van der Waals surface area contributed by atoms with Crippen molar-refractivity contribution >= 4 is 0 Å². The Morgan fingerprint density at radius 3 is 2.87 bits per heavy atom. The molecule has 2 heteroatoms. The molecule has 78 valence electrons. The molecule has 2 nitrogen and oxygen atoms in total. The second-order valence-electron chi connectivity index (χ2n) is 3.93. The molecule has 0 aromatic heterocycles. The number of methoxy groups -OCH3 is 1. The summed E-state index contributed by atoms with van der Waals surface area (Å²) in [7, 11) is 1.67. The summed E-state index contributed by atoms with van der Waals surface area (Å²) in [4.78, 5) is 0. The van der Waals surface area contributed by atoms with Gasteiger partial charge in [0.05, 0.1) is 19.6 Å². The fraction of sp³-hybridized carbons (Fsp3) is 0.462. The molecular weight excluding hydrogens is 186 g/mol. The lowest BCUT2D eigenvalue weighted by atomic mass is 9.87. The van der Waals surface area contributed by atoms with Crippen molar-refractivity contribution in [2.75, 3.05) is 7.11 Å². The maximum Gasteiger partial charge on any atom is 0.123 e. The number of rotatable bonds is 2. The molecule has 0 bridgehead atoms. The van der Waals surface area contributed by atoms with Crippen LogP contribution >= 0.6 is 0 Å². The average Bonchev–Trinajstić information content (AvgIpc) is 2.30. The van der Waals surface area contributed by atoms with Gasteiger partial charge in [-0.1, -0.05) is 6.07 Å². The molecule has 0 N–H and O–H groups in total. The van der Waals surface area contributed by atoms with Crippen LogP contribution in [0.25, 0.3) is 0 Å². The second kappa shape index (κ2) is 4.35. The van der Waals surface area contributed by atoms with Crippen LogP contribution in [0.3, 0.4) is 0 Å². The van der Waals surface area contributed by atoms with Crippen LogP contribution in [0.1, 0.15) is 29.5 Å². The van der Waals surface area contributed by atoms with Gasteiger partial charge in [-0.25, -0.2) is 0 Å². The first-order valence-electron chi connectivity index (χ1n) is 5.41. The zero-order chi connectivity index (χ0) is 10.7. The summed E-state index contributed by atoms with van der Waals surface area (Å²) in [5.74, 6) is 0.872. The predicted molar refractivity (Wildman–Crippen MR) is 59.0 cm³/mol. The van der Waals surface area contributed by atoms with Gasteiger partial charge in [0.1, 0.15) is 5.75 Å². The lowest BCUT2D eigenvalue weighted by Gasteiger charge is -2.20. The molecule has 1 aliphatic carbocycles. The monoisotopic (exact) mass is 201 g/mol. The molecule has 0 spiro atoms. The van der Waals surface area contributed by atoms with Gasteiger partial charge in [-0.2, -0.15) is 5.26 Å². The first-order chi connectivity index (χ1) is 7.36. The van der Waals surface area contributed by atoms with Crippen LogP contribution in [-0.4, -0.2) is 7.11 Å². The second-order valence-corrected chi connectivity index (χ2v) is 3.93. The Kier molecular flexibility index (Phi) is 2.91. The largest absolute Gasteiger partial charge is 0.496 e. The van der Waals surface area contributed by atoms with Gasteiger partial charge in [-0.15, -0.1) is 0 Å². The topological polar surface area (TPSA) is 33.0 Å². The third-order valence-corrected chi connectivity index (χ3v) is 3.08. The van der Waals surface area contributed by atoms with E-state index in [1.54, 1.807) is 7.11 Å². The van der Waals surface area contributed by atoms with E-state index in [9.17, 15) is 0 Å². The number of aryl methyl sites for hydroxylation is 1. The molecule has 0 fully saturated rings. The lowest BCUT2D eigenvalue weighted by molar-refractivity contribution is 0.409.